The summed E-state index contributed by atoms with van der Waals surface area (Å²) in [6.07, 6.45) is -0.797. The number of esters is 2. The van der Waals surface area contributed by atoms with Crippen LogP contribution in [0.15, 0.2) is 0 Å². The minimum atomic E-state index is -5.74. The quantitative estimate of drug-likeness (QED) is 0.312. The van der Waals surface area contributed by atoms with Crippen LogP contribution in [-0.4, -0.2) is 69.7 Å². The first-order valence-electron chi connectivity index (χ1n) is 13.5. The second-order valence-electron chi connectivity index (χ2n) is 12.8. The van der Waals surface area contributed by atoms with Gasteiger partial charge in [0, 0.05) is 6.42 Å². The van der Waals surface area contributed by atoms with Gasteiger partial charge in [0.25, 0.3) is 0 Å². The van der Waals surface area contributed by atoms with Crippen LogP contribution in [0, 0.1) is 10.8 Å². The van der Waals surface area contributed by atoms with Crippen molar-refractivity contribution in [1.82, 2.24) is 0 Å². The maximum absolute atomic E-state index is 14.0. The molecule has 5 unspecified atom stereocenters. The van der Waals surface area contributed by atoms with E-state index in [4.69, 9.17) is 9.47 Å². The standard InChI is InChI=1S/C15H26O4.C12H17F5O4/c1-5-13(2,3)12(16)19-15-9-7-6-8-11(15)18-14(4,17)10-15;1-5-8(2,3)7(18)21-9(4)6-20-11(19,10(9,13)14)12(15,16)17/h11,17H,5-10H2,1-4H3;19H,5-6H2,1-4H3. The van der Waals surface area contributed by atoms with Gasteiger partial charge >= 0.3 is 29.8 Å². The molecule has 234 valence electrons. The van der Waals surface area contributed by atoms with Crippen molar-refractivity contribution in [2.45, 2.75) is 141 Å². The Kier molecular flexibility index (Phi) is 9.46. The summed E-state index contributed by atoms with van der Waals surface area (Å²) in [4.78, 5) is 24.2. The van der Waals surface area contributed by atoms with E-state index in [9.17, 15) is 41.8 Å². The van der Waals surface area contributed by atoms with Crippen LogP contribution in [0.2, 0.25) is 0 Å². The fourth-order valence-electron chi connectivity index (χ4n) is 4.69. The molecule has 5 atom stereocenters. The monoisotopic (exact) mass is 590 g/mol. The molecule has 0 spiro atoms. The molecule has 2 heterocycles. The average molecular weight is 591 g/mol. The highest BCUT2D eigenvalue weighted by Gasteiger charge is 2.82. The van der Waals surface area contributed by atoms with Crippen molar-refractivity contribution in [2.24, 2.45) is 10.8 Å². The molecule has 0 aromatic rings. The first kappa shape index (κ1) is 34.6. The van der Waals surface area contributed by atoms with Crippen molar-refractivity contribution >= 4 is 11.9 Å². The topological polar surface area (TPSA) is 112 Å². The van der Waals surface area contributed by atoms with Gasteiger partial charge in [0.2, 0.25) is 5.60 Å². The van der Waals surface area contributed by atoms with Crippen LogP contribution < -0.4 is 0 Å². The van der Waals surface area contributed by atoms with Gasteiger partial charge in [-0.1, -0.05) is 20.3 Å². The number of aliphatic hydroxyl groups is 2. The Hall–Kier alpha value is -1.57. The molecule has 2 aliphatic heterocycles. The lowest BCUT2D eigenvalue weighted by Gasteiger charge is -2.39. The van der Waals surface area contributed by atoms with E-state index < -0.39 is 58.3 Å². The number of ether oxygens (including phenoxy) is 4. The molecule has 0 amide bonds. The lowest BCUT2D eigenvalue weighted by molar-refractivity contribution is -0.409. The highest BCUT2D eigenvalue weighted by atomic mass is 19.4. The van der Waals surface area contributed by atoms with Gasteiger partial charge in [-0.25, -0.2) is 0 Å². The van der Waals surface area contributed by atoms with Crippen molar-refractivity contribution < 1.29 is 60.7 Å². The molecule has 40 heavy (non-hydrogen) atoms. The molecular formula is C27H43F5O8. The summed E-state index contributed by atoms with van der Waals surface area (Å²) in [5, 5.41) is 19.3. The third-order valence-corrected chi connectivity index (χ3v) is 8.44. The Morgan fingerprint density at radius 3 is 1.88 bits per heavy atom. The Bertz CT molecular complexity index is 950. The Balaban J connectivity index is 0.000000281. The highest BCUT2D eigenvalue weighted by molar-refractivity contribution is 5.77. The number of hydrogen-bond acceptors (Lipinski definition) is 8. The van der Waals surface area contributed by atoms with Crippen LogP contribution in [0.4, 0.5) is 22.0 Å². The summed E-state index contributed by atoms with van der Waals surface area (Å²) in [7, 11) is 0. The molecule has 1 saturated carbocycles. The summed E-state index contributed by atoms with van der Waals surface area (Å²) >= 11 is 0. The van der Waals surface area contributed by atoms with Crippen LogP contribution in [0.25, 0.3) is 0 Å². The summed E-state index contributed by atoms with van der Waals surface area (Å²) < 4.78 is 85.9. The smallest absolute Gasteiger partial charge is 0.449 e. The summed E-state index contributed by atoms with van der Waals surface area (Å²) in [5.74, 6) is -12.0. The van der Waals surface area contributed by atoms with Crippen molar-refractivity contribution in [3.05, 3.63) is 0 Å². The Morgan fingerprint density at radius 1 is 0.925 bits per heavy atom. The molecule has 0 radical (unpaired) electrons. The van der Waals surface area contributed by atoms with Gasteiger partial charge < -0.3 is 29.2 Å². The van der Waals surface area contributed by atoms with Crippen molar-refractivity contribution in [2.75, 3.05) is 6.61 Å². The Labute approximate surface area is 231 Å². The average Bonchev–Trinajstić information content (AvgIpc) is 3.20. The molecule has 3 fully saturated rings. The van der Waals surface area contributed by atoms with E-state index in [1.54, 1.807) is 13.8 Å². The molecule has 2 saturated heterocycles. The minimum Gasteiger partial charge on any atom is -0.456 e. The zero-order valence-electron chi connectivity index (χ0n) is 24.5. The second-order valence-corrected chi connectivity index (χ2v) is 12.8. The SMILES string of the molecule is CCC(C)(C)C(=O)OC1(C)COC(O)(C(F)(F)F)C1(F)F.CCC(C)(C)C(=O)OC12CCCCC1OC(C)(O)C2. The highest BCUT2D eigenvalue weighted by Crippen LogP contribution is 2.55. The summed E-state index contributed by atoms with van der Waals surface area (Å²) in [6.45, 7) is 11.2. The molecule has 3 aliphatic rings. The molecule has 3 rings (SSSR count). The third-order valence-electron chi connectivity index (χ3n) is 8.44. The Morgan fingerprint density at radius 2 is 1.43 bits per heavy atom. The van der Waals surface area contributed by atoms with Crippen molar-refractivity contribution in [1.29, 1.82) is 0 Å². The fourth-order valence-corrected chi connectivity index (χ4v) is 4.69. The fraction of sp³-hybridized carbons (Fsp3) is 0.926. The third kappa shape index (κ3) is 6.27. The molecule has 1 aliphatic carbocycles. The summed E-state index contributed by atoms with van der Waals surface area (Å²) in [6, 6.07) is 0. The number of carbonyl (C=O) groups excluding carboxylic acids is 2. The van der Waals surface area contributed by atoms with Crippen LogP contribution in [0.1, 0.15) is 100 Å². The number of carbonyl (C=O) groups is 2. The zero-order chi connectivity index (χ0) is 31.2. The second kappa shape index (κ2) is 10.9. The van der Waals surface area contributed by atoms with Crippen LogP contribution in [0.3, 0.4) is 0 Å². The van der Waals surface area contributed by atoms with Gasteiger partial charge in [-0.2, -0.15) is 22.0 Å². The van der Waals surface area contributed by atoms with Gasteiger partial charge in [0.15, 0.2) is 5.79 Å². The van der Waals surface area contributed by atoms with Crippen LogP contribution >= 0.6 is 0 Å². The lowest BCUT2D eigenvalue weighted by atomic mass is 9.79. The van der Waals surface area contributed by atoms with E-state index in [0.717, 1.165) is 32.1 Å². The minimum absolute atomic E-state index is 0.159. The number of alkyl halides is 5. The van der Waals surface area contributed by atoms with E-state index in [-0.39, 0.29) is 18.5 Å². The molecule has 0 bridgehead atoms. The van der Waals surface area contributed by atoms with Gasteiger partial charge in [-0.15, -0.1) is 0 Å². The van der Waals surface area contributed by atoms with E-state index >= 15 is 0 Å². The van der Waals surface area contributed by atoms with Gasteiger partial charge in [-0.3, -0.25) is 9.59 Å². The van der Waals surface area contributed by atoms with E-state index in [0.29, 0.717) is 13.3 Å². The molecule has 13 heteroatoms. The number of fused-ring (bicyclic) bond motifs is 1. The van der Waals surface area contributed by atoms with Crippen molar-refractivity contribution in [3.63, 3.8) is 0 Å². The van der Waals surface area contributed by atoms with E-state index in [1.807, 2.05) is 20.8 Å². The number of hydrogen-bond donors (Lipinski definition) is 2. The normalized spacial score (nSPS) is 35.8. The maximum atomic E-state index is 14.0. The number of rotatable bonds is 6. The first-order valence-corrected chi connectivity index (χ1v) is 13.5. The van der Waals surface area contributed by atoms with Crippen LogP contribution in [0.5, 0.6) is 0 Å². The van der Waals surface area contributed by atoms with Gasteiger partial charge in [0.05, 0.1) is 17.4 Å². The molecule has 0 aromatic carbocycles. The molecule has 2 N–H and O–H groups in total. The van der Waals surface area contributed by atoms with Gasteiger partial charge in [-0.05, 0) is 73.6 Å². The molecule has 0 aromatic heterocycles. The predicted octanol–water partition coefficient (Wildman–Crippen LogP) is 5.42. The van der Waals surface area contributed by atoms with Crippen molar-refractivity contribution in [3.8, 4) is 0 Å². The molecular weight excluding hydrogens is 547 g/mol. The first-order chi connectivity index (χ1) is 17.9. The predicted molar refractivity (Wildman–Crippen MR) is 132 cm³/mol. The maximum Gasteiger partial charge on any atom is 0.449 e. The largest absolute Gasteiger partial charge is 0.456 e. The number of halogens is 5. The molecule has 8 nitrogen and oxygen atoms in total. The van der Waals surface area contributed by atoms with Crippen LogP contribution in [-0.2, 0) is 28.5 Å². The summed E-state index contributed by atoms with van der Waals surface area (Å²) in [5.41, 5.74) is -5.17. The van der Waals surface area contributed by atoms with E-state index in [1.165, 1.54) is 13.8 Å². The van der Waals surface area contributed by atoms with Gasteiger partial charge in [0.1, 0.15) is 11.7 Å². The zero-order valence-corrected chi connectivity index (χ0v) is 24.5. The van der Waals surface area contributed by atoms with E-state index in [2.05, 4.69) is 9.47 Å². The lowest BCUT2D eigenvalue weighted by Crippen LogP contribution is -2.63.